The van der Waals surface area contributed by atoms with Crippen molar-refractivity contribution < 1.29 is 0 Å². The summed E-state index contributed by atoms with van der Waals surface area (Å²) in [6.45, 7) is 1.82. The van der Waals surface area contributed by atoms with E-state index in [0.717, 1.165) is 11.0 Å². The molecule has 26 heavy (non-hydrogen) atoms. The van der Waals surface area contributed by atoms with Crippen LogP contribution in [0.4, 0.5) is 23.0 Å². The lowest BCUT2D eigenvalue weighted by Crippen LogP contribution is -2.06. The molecule has 0 spiro atoms. The number of nitrogens with one attached hydrogen (secondary N) is 1. The lowest BCUT2D eigenvalue weighted by atomic mass is 10.3. The van der Waals surface area contributed by atoms with E-state index in [1.165, 1.54) is 11.0 Å². The lowest BCUT2D eigenvalue weighted by molar-refractivity contribution is 0.835. The molecule has 0 aliphatic heterocycles. The Bertz CT molecular complexity index is 1070. The van der Waals surface area contributed by atoms with Crippen molar-refractivity contribution in [2.45, 2.75) is 6.92 Å². The fourth-order valence-electron chi connectivity index (χ4n) is 2.20. The van der Waals surface area contributed by atoms with Crippen LogP contribution < -0.4 is 16.5 Å². The average molecular weight is 345 g/mol. The van der Waals surface area contributed by atoms with Crippen molar-refractivity contribution in [1.82, 2.24) is 19.7 Å². The van der Waals surface area contributed by atoms with Gasteiger partial charge in [0, 0.05) is 6.07 Å². The van der Waals surface area contributed by atoms with Crippen LogP contribution in [0.1, 0.15) is 5.69 Å². The zero-order chi connectivity index (χ0) is 17.9. The van der Waals surface area contributed by atoms with Gasteiger partial charge in [0.05, 0.1) is 16.7 Å². The lowest BCUT2D eigenvalue weighted by Gasteiger charge is -2.04. The molecule has 0 aliphatic carbocycles. The minimum absolute atomic E-state index is 0.349. The van der Waals surface area contributed by atoms with Crippen molar-refractivity contribution >= 4 is 23.0 Å². The van der Waals surface area contributed by atoms with Crippen LogP contribution in [0.5, 0.6) is 0 Å². The summed E-state index contributed by atoms with van der Waals surface area (Å²) in [5, 5.41) is 17.9. The van der Waals surface area contributed by atoms with E-state index < -0.39 is 0 Å². The SMILES string of the molecule is Cc1nn(-c2cc(NN=c3cc3)ncn2)c(N)c1N=Nc1ccccc1. The smallest absolute Gasteiger partial charge is 0.161 e. The number of anilines is 2. The molecule has 2 heterocycles. The molecule has 0 saturated carbocycles. The van der Waals surface area contributed by atoms with Crippen molar-refractivity contribution in [3.63, 3.8) is 0 Å². The molecule has 0 bridgehead atoms. The van der Waals surface area contributed by atoms with Crippen molar-refractivity contribution in [2.24, 2.45) is 15.3 Å². The number of nitrogens with zero attached hydrogens (tertiary/aromatic N) is 7. The first-order chi connectivity index (χ1) is 12.7. The van der Waals surface area contributed by atoms with Gasteiger partial charge in [0.2, 0.25) is 0 Å². The number of nitrogens with two attached hydrogens (primary N) is 1. The maximum atomic E-state index is 6.21. The fraction of sp³-hybridized carbons (Fsp3) is 0.0588. The molecule has 3 N–H and O–H groups in total. The van der Waals surface area contributed by atoms with Gasteiger partial charge in [-0.2, -0.15) is 20.0 Å². The van der Waals surface area contributed by atoms with Gasteiger partial charge in [-0.25, -0.2) is 9.97 Å². The monoisotopic (exact) mass is 345 g/mol. The number of hydrogen-bond donors (Lipinski definition) is 2. The molecule has 0 fully saturated rings. The summed E-state index contributed by atoms with van der Waals surface area (Å²) in [6, 6.07) is 14.9. The first kappa shape index (κ1) is 15.6. The Morgan fingerprint density at radius 2 is 1.85 bits per heavy atom. The number of aromatic nitrogens is 4. The second kappa shape index (κ2) is 6.55. The molecular weight excluding hydrogens is 330 g/mol. The minimum atomic E-state index is 0.349. The van der Waals surface area contributed by atoms with Crippen LogP contribution in [0.25, 0.3) is 5.82 Å². The van der Waals surface area contributed by atoms with Crippen molar-refractivity contribution in [1.29, 1.82) is 0 Å². The molecule has 2 aromatic heterocycles. The third-order valence-corrected chi connectivity index (χ3v) is 3.57. The molecule has 0 saturated heterocycles. The summed E-state index contributed by atoms with van der Waals surface area (Å²) in [7, 11) is 0. The van der Waals surface area contributed by atoms with E-state index in [9.17, 15) is 0 Å². The van der Waals surface area contributed by atoms with Gasteiger partial charge in [-0.3, -0.25) is 5.43 Å². The highest BCUT2D eigenvalue weighted by Crippen LogP contribution is 2.30. The Kier molecular flexibility index (Phi) is 3.94. The molecule has 4 aromatic rings. The quantitative estimate of drug-likeness (QED) is 0.426. The molecular formula is C17H15N9. The van der Waals surface area contributed by atoms with E-state index in [-0.39, 0.29) is 0 Å². The Hall–Kier alpha value is -3.88. The highest BCUT2D eigenvalue weighted by molar-refractivity contribution is 5.63. The largest absolute Gasteiger partial charge is 0.382 e. The van der Waals surface area contributed by atoms with Crippen LogP contribution in [0.15, 0.2) is 70.2 Å². The van der Waals surface area contributed by atoms with Crippen LogP contribution in [-0.2, 0) is 0 Å². The van der Waals surface area contributed by atoms with Gasteiger partial charge in [0.25, 0.3) is 0 Å². The molecule has 0 aliphatic rings. The molecule has 0 unspecified atom stereocenters. The zero-order valence-electron chi connectivity index (χ0n) is 13.9. The fourth-order valence-corrected chi connectivity index (χ4v) is 2.20. The Morgan fingerprint density at radius 1 is 1.04 bits per heavy atom. The Morgan fingerprint density at radius 3 is 2.62 bits per heavy atom. The first-order valence-electron chi connectivity index (χ1n) is 7.87. The van der Waals surface area contributed by atoms with Crippen molar-refractivity contribution in [2.75, 3.05) is 11.2 Å². The normalized spacial score (nSPS) is 11.3. The summed E-state index contributed by atoms with van der Waals surface area (Å²) < 4.78 is 1.50. The topological polar surface area (TPSA) is 119 Å². The minimum Gasteiger partial charge on any atom is -0.382 e. The highest BCUT2D eigenvalue weighted by Gasteiger charge is 2.15. The summed E-state index contributed by atoms with van der Waals surface area (Å²) in [4.78, 5) is 8.34. The molecule has 0 amide bonds. The number of azo groups is 1. The molecule has 2 aromatic carbocycles. The maximum Gasteiger partial charge on any atom is 0.161 e. The van der Waals surface area contributed by atoms with E-state index in [2.05, 4.69) is 35.8 Å². The Labute approximate surface area is 148 Å². The molecule has 0 atom stereocenters. The van der Waals surface area contributed by atoms with E-state index in [4.69, 9.17) is 5.73 Å². The van der Waals surface area contributed by atoms with Gasteiger partial charge in [-0.1, -0.05) is 18.2 Å². The number of aryl methyl sites for hydroxylation is 1. The highest BCUT2D eigenvalue weighted by atomic mass is 15.4. The van der Waals surface area contributed by atoms with Crippen LogP contribution >= 0.6 is 0 Å². The number of rotatable bonds is 5. The summed E-state index contributed by atoms with van der Waals surface area (Å²) in [6.07, 6.45) is 1.42. The van der Waals surface area contributed by atoms with Crippen LogP contribution in [0, 0.1) is 6.92 Å². The third kappa shape index (κ3) is 3.31. The molecule has 4 rings (SSSR count). The number of benzene rings is 1. The van der Waals surface area contributed by atoms with Gasteiger partial charge in [-0.05, 0) is 31.2 Å². The maximum absolute atomic E-state index is 6.21. The average Bonchev–Trinajstić information content (AvgIpc) is 3.45. The van der Waals surface area contributed by atoms with Gasteiger partial charge in [-0.15, -0.1) is 5.11 Å². The van der Waals surface area contributed by atoms with E-state index >= 15 is 0 Å². The van der Waals surface area contributed by atoms with Gasteiger partial charge < -0.3 is 5.73 Å². The number of nitrogen functional groups attached to an aromatic ring is 1. The van der Waals surface area contributed by atoms with Crippen LogP contribution in [0.3, 0.4) is 0 Å². The second-order valence-corrected chi connectivity index (χ2v) is 5.51. The molecule has 128 valence electrons. The Balaban J connectivity index is 1.64. The van der Waals surface area contributed by atoms with Crippen LogP contribution in [0.2, 0.25) is 0 Å². The van der Waals surface area contributed by atoms with Gasteiger partial charge >= 0.3 is 0 Å². The summed E-state index contributed by atoms with van der Waals surface area (Å²) >= 11 is 0. The zero-order valence-corrected chi connectivity index (χ0v) is 13.9. The predicted octanol–water partition coefficient (Wildman–Crippen LogP) is 2.77. The van der Waals surface area contributed by atoms with Gasteiger partial charge in [0.15, 0.2) is 23.1 Å². The van der Waals surface area contributed by atoms with Crippen LogP contribution in [-0.4, -0.2) is 19.7 Å². The van der Waals surface area contributed by atoms with E-state index in [0.29, 0.717) is 28.8 Å². The predicted molar refractivity (Wildman–Crippen MR) is 96.9 cm³/mol. The van der Waals surface area contributed by atoms with Crippen molar-refractivity contribution in [3.05, 3.63) is 65.9 Å². The van der Waals surface area contributed by atoms with Gasteiger partial charge in [0.1, 0.15) is 6.33 Å². The standard InChI is InChI=1S/C17H15N9/c1-11-16(24-22-12-5-3-2-4-6-12)17(18)26(25-11)15-9-14(19-10-20-15)23-21-13-7-8-13/h2-10H,18H2,1H3,(H,19,20,23). The summed E-state index contributed by atoms with van der Waals surface area (Å²) in [5.74, 6) is 1.39. The molecule has 9 heteroatoms. The molecule has 0 radical (unpaired) electrons. The number of hydrogen-bond acceptors (Lipinski definition) is 8. The van der Waals surface area contributed by atoms with E-state index in [1.807, 2.05) is 49.4 Å². The third-order valence-electron chi connectivity index (χ3n) is 3.57. The second-order valence-electron chi connectivity index (χ2n) is 5.51. The van der Waals surface area contributed by atoms with E-state index in [1.54, 1.807) is 6.07 Å². The molecule has 9 nitrogen and oxygen atoms in total. The summed E-state index contributed by atoms with van der Waals surface area (Å²) in [5.41, 5.74) is 11.0. The first-order valence-corrected chi connectivity index (χ1v) is 7.87. The van der Waals surface area contributed by atoms with Crippen molar-refractivity contribution in [3.8, 4) is 5.82 Å².